The van der Waals surface area contributed by atoms with Crippen LogP contribution in [0.4, 0.5) is 0 Å². The number of carbonyl (C=O) groups excluding carboxylic acids is 2. The topological polar surface area (TPSA) is 49.4 Å². The summed E-state index contributed by atoms with van der Waals surface area (Å²) < 4.78 is 0. The van der Waals surface area contributed by atoms with Crippen molar-refractivity contribution >= 4 is 35.2 Å². The molecular formula is C21H25ClN2O2S. The van der Waals surface area contributed by atoms with Crippen molar-refractivity contribution in [2.24, 2.45) is 0 Å². The summed E-state index contributed by atoms with van der Waals surface area (Å²) >= 11 is 7.34. The minimum atomic E-state index is -0.537. The Balaban J connectivity index is 2.11. The lowest BCUT2D eigenvalue weighted by Crippen LogP contribution is -2.48. The van der Waals surface area contributed by atoms with Crippen LogP contribution in [0.3, 0.4) is 0 Å². The molecule has 6 heteroatoms. The van der Waals surface area contributed by atoms with Gasteiger partial charge in [-0.05, 0) is 50.6 Å². The number of rotatable bonds is 8. The molecule has 0 fully saturated rings. The highest BCUT2D eigenvalue weighted by atomic mass is 35.5. The smallest absolute Gasteiger partial charge is 0.242 e. The fourth-order valence-corrected chi connectivity index (χ4v) is 3.46. The molecule has 0 aromatic heterocycles. The van der Waals surface area contributed by atoms with E-state index in [0.29, 0.717) is 18.1 Å². The molecule has 0 aliphatic rings. The van der Waals surface area contributed by atoms with Crippen molar-refractivity contribution in [1.82, 2.24) is 10.2 Å². The van der Waals surface area contributed by atoms with E-state index in [4.69, 9.17) is 11.6 Å². The van der Waals surface area contributed by atoms with Gasteiger partial charge in [-0.2, -0.15) is 0 Å². The van der Waals surface area contributed by atoms with Crippen LogP contribution in [-0.2, 0) is 16.1 Å². The monoisotopic (exact) mass is 404 g/mol. The molecule has 1 N–H and O–H groups in total. The van der Waals surface area contributed by atoms with E-state index in [2.05, 4.69) is 5.32 Å². The Hall–Kier alpha value is -1.98. The lowest BCUT2D eigenvalue weighted by molar-refractivity contribution is -0.138. The molecule has 0 unspecified atom stereocenters. The summed E-state index contributed by atoms with van der Waals surface area (Å²) in [6.45, 7) is 6.60. The van der Waals surface area contributed by atoms with Crippen molar-refractivity contribution in [2.45, 2.75) is 38.3 Å². The van der Waals surface area contributed by atoms with Crippen molar-refractivity contribution < 1.29 is 9.59 Å². The standard InChI is InChI=1S/C21H25ClN2O2S/c1-4-23-21(26)16(3)24(13-17-7-5-15(2)6-8-17)20(25)14-27-19-11-9-18(22)10-12-19/h5-12,16H,4,13-14H2,1-3H3,(H,23,26)/t16-/m1/s1. The molecule has 27 heavy (non-hydrogen) atoms. The van der Waals surface area contributed by atoms with Gasteiger partial charge in [-0.1, -0.05) is 41.4 Å². The Bertz CT molecular complexity index is 763. The van der Waals surface area contributed by atoms with Crippen LogP contribution in [0.25, 0.3) is 0 Å². The summed E-state index contributed by atoms with van der Waals surface area (Å²) in [4.78, 5) is 27.8. The number of nitrogens with zero attached hydrogens (tertiary/aromatic N) is 1. The van der Waals surface area contributed by atoms with E-state index in [1.54, 1.807) is 24.0 Å². The number of benzene rings is 2. The van der Waals surface area contributed by atoms with Crippen LogP contribution in [0.2, 0.25) is 5.02 Å². The number of nitrogens with one attached hydrogen (secondary N) is 1. The van der Waals surface area contributed by atoms with Crippen LogP contribution >= 0.6 is 23.4 Å². The summed E-state index contributed by atoms with van der Waals surface area (Å²) in [6, 6.07) is 14.8. The van der Waals surface area contributed by atoms with E-state index in [1.807, 2.05) is 50.2 Å². The van der Waals surface area contributed by atoms with E-state index < -0.39 is 6.04 Å². The molecule has 0 spiro atoms. The maximum absolute atomic E-state index is 12.9. The Morgan fingerprint density at radius 3 is 2.33 bits per heavy atom. The maximum atomic E-state index is 12.9. The summed E-state index contributed by atoms with van der Waals surface area (Å²) in [5.41, 5.74) is 2.16. The van der Waals surface area contributed by atoms with Crippen molar-refractivity contribution in [1.29, 1.82) is 0 Å². The highest BCUT2D eigenvalue weighted by molar-refractivity contribution is 8.00. The second kappa shape index (κ2) is 10.4. The number of halogens is 1. The van der Waals surface area contributed by atoms with E-state index in [-0.39, 0.29) is 17.6 Å². The quantitative estimate of drug-likeness (QED) is 0.667. The van der Waals surface area contributed by atoms with Crippen LogP contribution in [0.5, 0.6) is 0 Å². The minimum absolute atomic E-state index is 0.0747. The molecule has 0 radical (unpaired) electrons. The predicted molar refractivity (Wildman–Crippen MR) is 112 cm³/mol. The fraction of sp³-hybridized carbons (Fsp3) is 0.333. The molecule has 4 nitrogen and oxygen atoms in total. The van der Waals surface area contributed by atoms with Crippen LogP contribution in [-0.4, -0.2) is 35.1 Å². The molecule has 0 heterocycles. The second-order valence-corrected chi connectivity index (χ2v) is 7.81. The van der Waals surface area contributed by atoms with E-state index in [1.165, 1.54) is 11.8 Å². The number of carbonyl (C=O) groups is 2. The van der Waals surface area contributed by atoms with Gasteiger partial charge in [0.25, 0.3) is 0 Å². The Morgan fingerprint density at radius 1 is 1.11 bits per heavy atom. The van der Waals surface area contributed by atoms with Crippen LogP contribution in [0.15, 0.2) is 53.4 Å². The third-order valence-corrected chi connectivity index (χ3v) is 5.42. The third-order valence-electron chi connectivity index (χ3n) is 4.17. The highest BCUT2D eigenvalue weighted by Crippen LogP contribution is 2.22. The Morgan fingerprint density at radius 2 is 1.74 bits per heavy atom. The van der Waals surface area contributed by atoms with Gasteiger partial charge < -0.3 is 10.2 Å². The summed E-state index contributed by atoms with van der Waals surface area (Å²) in [5, 5.41) is 3.46. The molecule has 0 bridgehead atoms. The third kappa shape index (κ3) is 6.60. The number of thioether (sulfide) groups is 1. The average molecular weight is 405 g/mol. The van der Waals surface area contributed by atoms with Crippen molar-refractivity contribution in [3.8, 4) is 0 Å². The largest absolute Gasteiger partial charge is 0.355 e. The van der Waals surface area contributed by atoms with Gasteiger partial charge in [0, 0.05) is 23.0 Å². The van der Waals surface area contributed by atoms with Crippen LogP contribution in [0.1, 0.15) is 25.0 Å². The zero-order valence-corrected chi connectivity index (χ0v) is 17.4. The van der Waals surface area contributed by atoms with Crippen LogP contribution in [0, 0.1) is 6.92 Å². The fourth-order valence-electron chi connectivity index (χ4n) is 2.55. The van der Waals surface area contributed by atoms with Gasteiger partial charge in [0.2, 0.25) is 11.8 Å². The number of hydrogen-bond donors (Lipinski definition) is 1. The predicted octanol–water partition coefficient (Wildman–Crippen LogP) is 4.29. The molecule has 144 valence electrons. The summed E-state index contributed by atoms with van der Waals surface area (Å²) in [7, 11) is 0. The van der Waals surface area contributed by atoms with E-state index >= 15 is 0 Å². The highest BCUT2D eigenvalue weighted by Gasteiger charge is 2.25. The molecule has 1 atom stereocenters. The maximum Gasteiger partial charge on any atom is 0.242 e. The molecular weight excluding hydrogens is 380 g/mol. The second-order valence-electron chi connectivity index (χ2n) is 6.32. The SMILES string of the molecule is CCNC(=O)[C@@H](C)N(Cc1ccc(C)cc1)C(=O)CSc1ccc(Cl)cc1. The van der Waals surface area contributed by atoms with E-state index in [9.17, 15) is 9.59 Å². The first-order valence-corrected chi connectivity index (χ1v) is 10.3. The zero-order chi connectivity index (χ0) is 19.8. The van der Waals surface area contributed by atoms with Gasteiger partial charge in [-0.15, -0.1) is 11.8 Å². The lowest BCUT2D eigenvalue weighted by Gasteiger charge is -2.28. The number of amides is 2. The van der Waals surface area contributed by atoms with Crippen molar-refractivity contribution in [2.75, 3.05) is 12.3 Å². The molecule has 0 aliphatic heterocycles. The van der Waals surface area contributed by atoms with E-state index in [0.717, 1.165) is 16.0 Å². The normalized spacial score (nSPS) is 11.7. The Labute approximate surface area is 170 Å². The molecule has 0 saturated carbocycles. The van der Waals surface area contributed by atoms with Crippen LogP contribution < -0.4 is 5.32 Å². The van der Waals surface area contributed by atoms with Gasteiger partial charge in [0.05, 0.1) is 5.75 Å². The number of aryl methyl sites for hydroxylation is 1. The van der Waals surface area contributed by atoms with Crippen molar-refractivity contribution in [3.63, 3.8) is 0 Å². The molecule has 0 saturated heterocycles. The molecule has 0 aliphatic carbocycles. The Kier molecular flexibility index (Phi) is 8.20. The summed E-state index contributed by atoms with van der Waals surface area (Å²) in [6.07, 6.45) is 0. The molecule has 2 amide bonds. The zero-order valence-electron chi connectivity index (χ0n) is 15.9. The van der Waals surface area contributed by atoms with Gasteiger partial charge in [0.1, 0.15) is 6.04 Å². The molecule has 2 aromatic rings. The average Bonchev–Trinajstić information content (AvgIpc) is 2.66. The van der Waals surface area contributed by atoms with Gasteiger partial charge in [-0.3, -0.25) is 9.59 Å². The lowest BCUT2D eigenvalue weighted by atomic mass is 10.1. The molecule has 2 aromatic carbocycles. The van der Waals surface area contributed by atoms with Gasteiger partial charge in [0.15, 0.2) is 0 Å². The van der Waals surface area contributed by atoms with Gasteiger partial charge >= 0.3 is 0 Å². The minimum Gasteiger partial charge on any atom is -0.355 e. The summed E-state index contributed by atoms with van der Waals surface area (Å²) in [5.74, 6) is 0.0424. The number of hydrogen-bond acceptors (Lipinski definition) is 3. The first-order chi connectivity index (χ1) is 12.9. The first kappa shape index (κ1) is 21.3. The molecule has 2 rings (SSSR count). The van der Waals surface area contributed by atoms with Crippen molar-refractivity contribution in [3.05, 3.63) is 64.7 Å². The first-order valence-electron chi connectivity index (χ1n) is 8.91. The number of likely N-dealkylation sites (N-methyl/N-ethyl adjacent to an activating group) is 1. The van der Waals surface area contributed by atoms with Gasteiger partial charge in [-0.25, -0.2) is 0 Å².